The molecule has 0 spiro atoms. The van der Waals surface area contributed by atoms with Gasteiger partial charge in [-0.25, -0.2) is 0 Å². The van der Waals surface area contributed by atoms with Crippen molar-refractivity contribution in [2.45, 2.75) is 31.7 Å². The Morgan fingerprint density at radius 1 is 1.40 bits per heavy atom. The largest absolute Gasteiger partial charge is 0.355 e. The van der Waals surface area contributed by atoms with Gasteiger partial charge in [-0.05, 0) is 32.2 Å². The van der Waals surface area contributed by atoms with Crippen LogP contribution in [0.3, 0.4) is 0 Å². The first-order chi connectivity index (χ1) is 7.31. The molecule has 1 aliphatic heterocycles. The van der Waals surface area contributed by atoms with Crippen LogP contribution in [0.15, 0.2) is 0 Å². The molecule has 4 heteroatoms. The molecule has 2 rings (SSSR count). The molecule has 0 aromatic carbocycles. The van der Waals surface area contributed by atoms with Gasteiger partial charge in [0.2, 0.25) is 5.91 Å². The number of carbonyl (C=O) groups is 1. The van der Waals surface area contributed by atoms with Gasteiger partial charge in [0, 0.05) is 25.7 Å². The van der Waals surface area contributed by atoms with Crippen LogP contribution in [0.5, 0.6) is 0 Å². The minimum absolute atomic E-state index is 0.200. The Bertz CT molecular complexity index is 228. The zero-order valence-corrected chi connectivity index (χ0v) is 9.24. The van der Waals surface area contributed by atoms with Gasteiger partial charge in [-0.15, -0.1) is 0 Å². The second-order valence-electron chi connectivity index (χ2n) is 4.64. The van der Waals surface area contributed by atoms with Gasteiger partial charge in [0.1, 0.15) is 0 Å². The van der Waals surface area contributed by atoms with E-state index in [9.17, 15) is 4.79 Å². The molecule has 1 aliphatic carbocycles. The van der Waals surface area contributed by atoms with Crippen molar-refractivity contribution in [1.82, 2.24) is 10.2 Å². The standard InChI is InChI=1S/C11H21N3O/c12-5-6-13-11(15)9-2-1-7-14(8-9)10-3-4-10/h9-10H,1-8,12H2,(H,13,15). The number of hydrogen-bond donors (Lipinski definition) is 2. The van der Waals surface area contributed by atoms with Crippen LogP contribution in [0, 0.1) is 5.92 Å². The summed E-state index contributed by atoms with van der Waals surface area (Å²) in [5, 5.41) is 2.89. The van der Waals surface area contributed by atoms with Crippen molar-refractivity contribution >= 4 is 5.91 Å². The lowest BCUT2D eigenvalue weighted by atomic mass is 9.97. The van der Waals surface area contributed by atoms with Crippen molar-refractivity contribution in [2.24, 2.45) is 11.7 Å². The van der Waals surface area contributed by atoms with Gasteiger partial charge in [-0.1, -0.05) is 0 Å². The van der Waals surface area contributed by atoms with Gasteiger partial charge in [0.05, 0.1) is 5.92 Å². The fourth-order valence-electron chi connectivity index (χ4n) is 2.33. The molecule has 1 heterocycles. The second-order valence-corrected chi connectivity index (χ2v) is 4.64. The topological polar surface area (TPSA) is 58.4 Å². The smallest absolute Gasteiger partial charge is 0.224 e. The number of hydrogen-bond acceptors (Lipinski definition) is 3. The van der Waals surface area contributed by atoms with Crippen molar-refractivity contribution in [3.05, 3.63) is 0 Å². The molecule has 1 saturated heterocycles. The van der Waals surface area contributed by atoms with Gasteiger partial charge < -0.3 is 11.1 Å². The number of piperidine rings is 1. The Kier molecular flexibility index (Phi) is 3.59. The highest BCUT2D eigenvalue weighted by Gasteiger charge is 2.34. The Morgan fingerprint density at radius 3 is 2.87 bits per heavy atom. The monoisotopic (exact) mass is 211 g/mol. The second kappa shape index (κ2) is 4.94. The molecule has 1 saturated carbocycles. The van der Waals surface area contributed by atoms with Gasteiger partial charge in [0.15, 0.2) is 0 Å². The molecule has 2 fully saturated rings. The maximum Gasteiger partial charge on any atom is 0.224 e. The summed E-state index contributed by atoms with van der Waals surface area (Å²) in [7, 11) is 0. The van der Waals surface area contributed by atoms with Crippen molar-refractivity contribution < 1.29 is 4.79 Å². The average Bonchev–Trinajstić information content (AvgIpc) is 3.10. The van der Waals surface area contributed by atoms with E-state index in [2.05, 4.69) is 10.2 Å². The van der Waals surface area contributed by atoms with Gasteiger partial charge in [-0.2, -0.15) is 0 Å². The minimum Gasteiger partial charge on any atom is -0.355 e. The third kappa shape index (κ3) is 2.92. The van der Waals surface area contributed by atoms with Gasteiger partial charge in [0.25, 0.3) is 0 Å². The maximum atomic E-state index is 11.8. The number of amides is 1. The molecular formula is C11H21N3O. The van der Waals surface area contributed by atoms with Gasteiger partial charge in [-0.3, -0.25) is 9.69 Å². The molecular weight excluding hydrogens is 190 g/mol. The van der Waals surface area contributed by atoms with Crippen LogP contribution in [0.2, 0.25) is 0 Å². The minimum atomic E-state index is 0.200. The SMILES string of the molecule is NCCNC(=O)C1CCCN(C2CC2)C1. The summed E-state index contributed by atoms with van der Waals surface area (Å²) in [5.41, 5.74) is 5.37. The zero-order chi connectivity index (χ0) is 10.7. The van der Waals surface area contributed by atoms with Crippen LogP contribution in [0.1, 0.15) is 25.7 Å². The molecule has 3 N–H and O–H groups in total. The van der Waals surface area contributed by atoms with Crippen molar-refractivity contribution in [3.63, 3.8) is 0 Å². The Morgan fingerprint density at radius 2 is 2.20 bits per heavy atom. The molecule has 0 bridgehead atoms. The fraction of sp³-hybridized carbons (Fsp3) is 0.909. The summed E-state index contributed by atoms with van der Waals surface area (Å²) < 4.78 is 0. The first-order valence-corrected chi connectivity index (χ1v) is 6.03. The first-order valence-electron chi connectivity index (χ1n) is 6.03. The van der Waals surface area contributed by atoms with Crippen molar-refractivity contribution in [2.75, 3.05) is 26.2 Å². The zero-order valence-electron chi connectivity index (χ0n) is 9.24. The molecule has 2 aliphatic rings. The summed E-state index contributed by atoms with van der Waals surface area (Å²) >= 11 is 0. The van der Waals surface area contributed by atoms with Gasteiger partial charge >= 0.3 is 0 Å². The van der Waals surface area contributed by atoms with Crippen molar-refractivity contribution in [1.29, 1.82) is 0 Å². The number of nitrogens with one attached hydrogen (secondary N) is 1. The van der Waals surface area contributed by atoms with Crippen LogP contribution in [-0.2, 0) is 4.79 Å². The Labute approximate surface area is 91.2 Å². The summed E-state index contributed by atoms with van der Waals surface area (Å²) in [4.78, 5) is 14.2. The first kappa shape index (κ1) is 10.9. The molecule has 0 aromatic heterocycles. The number of nitrogens with zero attached hydrogens (tertiary/aromatic N) is 1. The number of likely N-dealkylation sites (tertiary alicyclic amines) is 1. The summed E-state index contributed by atoms with van der Waals surface area (Å²) in [6.45, 7) is 3.29. The number of carbonyl (C=O) groups excluding carboxylic acids is 1. The van der Waals surface area contributed by atoms with E-state index in [0.717, 1.165) is 25.4 Å². The lowest BCUT2D eigenvalue weighted by Gasteiger charge is -2.31. The van der Waals surface area contributed by atoms with Crippen LogP contribution >= 0.6 is 0 Å². The quantitative estimate of drug-likeness (QED) is 0.684. The van der Waals surface area contributed by atoms with Crippen molar-refractivity contribution in [3.8, 4) is 0 Å². The lowest BCUT2D eigenvalue weighted by Crippen LogP contribution is -2.44. The van der Waals surface area contributed by atoms with Crippen LogP contribution in [-0.4, -0.2) is 43.0 Å². The normalized spacial score (nSPS) is 27.7. The Balaban J connectivity index is 1.78. The van der Waals surface area contributed by atoms with E-state index in [1.807, 2.05) is 0 Å². The molecule has 0 radical (unpaired) electrons. The van der Waals surface area contributed by atoms with Crippen LogP contribution in [0.4, 0.5) is 0 Å². The lowest BCUT2D eigenvalue weighted by molar-refractivity contribution is -0.126. The van der Waals surface area contributed by atoms with E-state index in [4.69, 9.17) is 5.73 Å². The number of rotatable bonds is 4. The predicted octanol–water partition coefficient (Wildman–Crippen LogP) is -0.0643. The summed E-state index contributed by atoms with van der Waals surface area (Å²) in [6, 6.07) is 0.787. The third-order valence-corrected chi connectivity index (χ3v) is 3.33. The molecule has 1 amide bonds. The molecule has 4 nitrogen and oxygen atoms in total. The number of nitrogens with two attached hydrogens (primary N) is 1. The van der Waals surface area contributed by atoms with E-state index in [1.54, 1.807) is 0 Å². The summed E-state index contributed by atoms with van der Waals surface area (Å²) in [5.74, 6) is 0.400. The summed E-state index contributed by atoms with van der Waals surface area (Å²) in [6.07, 6.45) is 4.87. The molecule has 86 valence electrons. The van der Waals surface area contributed by atoms with Crippen LogP contribution in [0.25, 0.3) is 0 Å². The Hall–Kier alpha value is -0.610. The molecule has 1 unspecified atom stereocenters. The maximum absolute atomic E-state index is 11.8. The third-order valence-electron chi connectivity index (χ3n) is 3.33. The average molecular weight is 211 g/mol. The van der Waals surface area contributed by atoms with E-state index < -0.39 is 0 Å². The van der Waals surface area contributed by atoms with E-state index >= 15 is 0 Å². The highest BCUT2D eigenvalue weighted by molar-refractivity contribution is 5.78. The highest BCUT2D eigenvalue weighted by Crippen LogP contribution is 2.30. The molecule has 0 aromatic rings. The molecule has 1 atom stereocenters. The fourth-order valence-corrected chi connectivity index (χ4v) is 2.33. The molecule has 15 heavy (non-hydrogen) atoms. The predicted molar refractivity (Wildman–Crippen MR) is 59.4 cm³/mol. The van der Waals surface area contributed by atoms with E-state index in [-0.39, 0.29) is 11.8 Å². The van der Waals surface area contributed by atoms with E-state index in [1.165, 1.54) is 19.4 Å². The van der Waals surface area contributed by atoms with E-state index in [0.29, 0.717) is 13.1 Å². The van der Waals surface area contributed by atoms with Crippen LogP contribution < -0.4 is 11.1 Å². The highest BCUT2D eigenvalue weighted by atomic mass is 16.1.